The van der Waals surface area contributed by atoms with Crippen molar-refractivity contribution < 1.29 is 23.1 Å². The lowest BCUT2D eigenvalue weighted by molar-refractivity contribution is 0.0601. The van der Waals surface area contributed by atoms with Crippen LogP contribution < -0.4 is 10.3 Å². The zero-order chi connectivity index (χ0) is 21.8. The summed E-state index contributed by atoms with van der Waals surface area (Å²) in [7, 11) is 1.28. The molecule has 9 nitrogen and oxygen atoms in total. The minimum atomic E-state index is -0.513. The number of hydrogen-bond acceptors (Lipinski definition) is 9. The van der Waals surface area contributed by atoms with Gasteiger partial charge in [-0.3, -0.25) is 4.79 Å². The van der Waals surface area contributed by atoms with Crippen LogP contribution in [0.4, 0.5) is 4.39 Å². The molecule has 2 aromatic heterocycles. The maximum Gasteiger partial charge on any atom is 0.337 e. The van der Waals surface area contributed by atoms with E-state index in [2.05, 4.69) is 20.2 Å². The highest BCUT2D eigenvalue weighted by Gasteiger charge is 2.12. The van der Waals surface area contributed by atoms with Crippen LogP contribution in [0.3, 0.4) is 0 Å². The highest BCUT2D eigenvalue weighted by Crippen LogP contribution is 2.21. The van der Waals surface area contributed by atoms with E-state index >= 15 is 0 Å². The molecule has 0 saturated heterocycles. The third-order valence-corrected chi connectivity index (χ3v) is 4.96. The fraction of sp³-hybridized carbons (Fsp3) is 0.150. The maximum absolute atomic E-state index is 12.9. The summed E-state index contributed by atoms with van der Waals surface area (Å²) in [6, 6.07) is 10.1. The number of esters is 1. The van der Waals surface area contributed by atoms with Crippen LogP contribution in [0.5, 0.6) is 5.75 Å². The number of carbonyl (C=O) groups is 1. The topological polar surface area (TPSA) is 120 Å². The van der Waals surface area contributed by atoms with E-state index in [0.717, 1.165) is 0 Å². The molecule has 0 bridgehead atoms. The van der Waals surface area contributed by atoms with Crippen LogP contribution in [0, 0.1) is 5.82 Å². The second-order valence-corrected chi connectivity index (χ2v) is 7.16. The number of aromatic nitrogens is 4. The Labute approximate surface area is 178 Å². The minimum Gasteiger partial charge on any atom is -0.484 e. The van der Waals surface area contributed by atoms with E-state index < -0.39 is 5.97 Å². The van der Waals surface area contributed by atoms with Gasteiger partial charge in [0.15, 0.2) is 6.61 Å². The summed E-state index contributed by atoms with van der Waals surface area (Å²) in [6.07, 6.45) is 0. The van der Waals surface area contributed by atoms with Gasteiger partial charge in [-0.15, -0.1) is 10.2 Å². The molecule has 0 spiro atoms. The Balaban J connectivity index is 1.42. The van der Waals surface area contributed by atoms with Crippen molar-refractivity contribution in [1.82, 2.24) is 20.2 Å². The molecule has 4 aromatic rings. The highest BCUT2D eigenvalue weighted by molar-refractivity contribution is 7.98. The lowest BCUT2D eigenvalue weighted by atomic mass is 10.1. The van der Waals surface area contributed by atoms with E-state index in [1.54, 1.807) is 0 Å². The number of carbonyl (C=O) groups excluding carboxylic acids is 1. The lowest BCUT2D eigenvalue weighted by Gasteiger charge is -2.04. The smallest absolute Gasteiger partial charge is 0.337 e. The number of hydrogen-bond donors (Lipinski definition) is 1. The maximum atomic E-state index is 12.9. The van der Waals surface area contributed by atoms with Crippen LogP contribution in [0.2, 0.25) is 0 Å². The van der Waals surface area contributed by atoms with Gasteiger partial charge in [-0.2, -0.15) is 0 Å². The molecule has 158 valence electrons. The monoisotopic (exact) mass is 442 g/mol. The normalized spacial score (nSPS) is 10.9. The zero-order valence-corrected chi connectivity index (χ0v) is 16.9. The van der Waals surface area contributed by atoms with Gasteiger partial charge < -0.3 is 18.9 Å². The Morgan fingerprint density at radius 2 is 2.00 bits per heavy atom. The van der Waals surface area contributed by atoms with E-state index in [4.69, 9.17) is 13.9 Å². The van der Waals surface area contributed by atoms with Gasteiger partial charge in [0.25, 0.3) is 16.7 Å². The summed E-state index contributed by atoms with van der Waals surface area (Å²) >= 11 is 1.18. The van der Waals surface area contributed by atoms with Crippen molar-refractivity contribution in [2.24, 2.45) is 0 Å². The minimum absolute atomic E-state index is 0.0283. The Kier molecular flexibility index (Phi) is 5.94. The number of thioether (sulfide) groups is 1. The zero-order valence-electron chi connectivity index (χ0n) is 16.1. The van der Waals surface area contributed by atoms with Gasteiger partial charge in [-0.05, 0) is 42.5 Å². The number of nitrogens with one attached hydrogen (secondary N) is 1. The number of methoxy groups -OCH3 is 1. The van der Waals surface area contributed by atoms with Gasteiger partial charge in [0.1, 0.15) is 17.4 Å². The molecule has 0 aliphatic carbocycles. The fourth-order valence-electron chi connectivity index (χ4n) is 2.66. The molecule has 4 rings (SSSR count). The Morgan fingerprint density at radius 3 is 2.77 bits per heavy atom. The Morgan fingerprint density at radius 1 is 1.19 bits per heavy atom. The second-order valence-electron chi connectivity index (χ2n) is 6.23. The molecule has 1 N–H and O–H groups in total. The Bertz CT molecular complexity index is 1290. The first-order valence-corrected chi connectivity index (χ1v) is 9.95. The van der Waals surface area contributed by atoms with Crippen molar-refractivity contribution in [3.63, 3.8) is 0 Å². The van der Waals surface area contributed by atoms with Gasteiger partial charge in [0, 0.05) is 0 Å². The molecule has 0 fully saturated rings. The molecule has 2 aromatic carbocycles. The van der Waals surface area contributed by atoms with Gasteiger partial charge in [0.05, 0.1) is 29.3 Å². The average Bonchev–Trinajstić information content (AvgIpc) is 3.24. The van der Waals surface area contributed by atoms with Crippen molar-refractivity contribution in [2.45, 2.75) is 17.6 Å². The number of nitrogens with zero attached hydrogens (tertiary/aromatic N) is 3. The predicted octanol–water partition coefficient (Wildman–Crippen LogP) is 3.10. The van der Waals surface area contributed by atoms with Gasteiger partial charge in [-0.25, -0.2) is 14.2 Å². The van der Waals surface area contributed by atoms with Gasteiger partial charge in [0.2, 0.25) is 0 Å². The number of aromatic amines is 1. The predicted molar refractivity (Wildman–Crippen MR) is 108 cm³/mol. The molecule has 0 radical (unpaired) electrons. The van der Waals surface area contributed by atoms with Gasteiger partial charge in [-0.1, -0.05) is 11.8 Å². The third-order valence-electron chi connectivity index (χ3n) is 4.13. The summed E-state index contributed by atoms with van der Waals surface area (Å²) in [5.41, 5.74) is 0.353. The quantitative estimate of drug-likeness (QED) is 0.340. The summed E-state index contributed by atoms with van der Waals surface area (Å²) < 4.78 is 28.6. The standard InChI is InChI=1S/C20H15FN4O5S/c1-28-19(27)11-2-7-14-15(8-11)22-16(23-18(14)26)10-31-20-25-24-17(30-20)9-29-13-5-3-12(21)4-6-13/h2-8H,9-10H2,1H3,(H,22,23,26). The van der Waals surface area contributed by atoms with Crippen molar-refractivity contribution in [3.8, 4) is 5.75 Å². The SMILES string of the molecule is COC(=O)c1ccc2c(=O)[nH]c(CSc3nnc(COc4ccc(F)cc4)o3)nc2c1. The molecular weight excluding hydrogens is 427 g/mol. The van der Waals surface area contributed by atoms with E-state index in [9.17, 15) is 14.0 Å². The molecule has 0 aliphatic heterocycles. The van der Waals surface area contributed by atoms with E-state index in [1.807, 2.05) is 0 Å². The molecule has 0 saturated carbocycles. The van der Waals surface area contributed by atoms with Crippen LogP contribution >= 0.6 is 11.8 Å². The number of H-pyrrole nitrogens is 1. The highest BCUT2D eigenvalue weighted by atomic mass is 32.2. The number of rotatable bonds is 7. The Hall–Kier alpha value is -3.73. The number of fused-ring (bicyclic) bond motifs is 1. The van der Waals surface area contributed by atoms with Crippen LogP contribution in [-0.2, 0) is 17.1 Å². The van der Waals surface area contributed by atoms with Crippen LogP contribution in [0.15, 0.2) is 56.9 Å². The molecule has 31 heavy (non-hydrogen) atoms. The van der Waals surface area contributed by atoms with Crippen LogP contribution in [0.25, 0.3) is 10.9 Å². The van der Waals surface area contributed by atoms with Crippen molar-refractivity contribution >= 4 is 28.6 Å². The molecule has 2 heterocycles. The second kappa shape index (κ2) is 8.96. The molecule has 11 heteroatoms. The van der Waals surface area contributed by atoms with Crippen molar-refractivity contribution in [3.05, 3.63) is 75.9 Å². The lowest BCUT2D eigenvalue weighted by Crippen LogP contribution is -2.12. The summed E-state index contributed by atoms with van der Waals surface area (Å²) in [4.78, 5) is 31.1. The third kappa shape index (κ3) is 4.89. The molecule has 0 unspecified atom stereocenters. The van der Waals surface area contributed by atoms with Crippen molar-refractivity contribution in [2.75, 3.05) is 7.11 Å². The summed E-state index contributed by atoms with van der Waals surface area (Å²) in [6.45, 7) is 0.0283. The van der Waals surface area contributed by atoms with E-state index in [-0.39, 0.29) is 34.8 Å². The molecular formula is C20H15FN4O5S. The number of ether oxygens (including phenoxy) is 2. The van der Waals surface area contributed by atoms with Gasteiger partial charge >= 0.3 is 5.97 Å². The summed E-state index contributed by atoms with van der Waals surface area (Å²) in [5.74, 6) is 0.486. The molecule has 0 aliphatic rings. The number of benzene rings is 2. The van der Waals surface area contributed by atoms with Crippen molar-refractivity contribution in [1.29, 1.82) is 0 Å². The first-order valence-electron chi connectivity index (χ1n) is 8.96. The molecule has 0 amide bonds. The van der Waals surface area contributed by atoms with Crippen LogP contribution in [-0.4, -0.2) is 33.2 Å². The van der Waals surface area contributed by atoms with E-state index in [0.29, 0.717) is 28.0 Å². The van der Waals surface area contributed by atoms with E-state index in [1.165, 1.54) is 61.3 Å². The fourth-order valence-corrected chi connectivity index (χ4v) is 3.31. The first-order chi connectivity index (χ1) is 15.0. The summed E-state index contributed by atoms with van der Waals surface area (Å²) in [5, 5.41) is 8.43. The molecule has 0 atom stereocenters. The first kappa shape index (κ1) is 20.5. The average molecular weight is 442 g/mol. The number of halogens is 1. The van der Waals surface area contributed by atoms with Crippen LogP contribution in [0.1, 0.15) is 22.1 Å². The largest absolute Gasteiger partial charge is 0.484 e.